The highest BCUT2D eigenvalue weighted by Crippen LogP contribution is 2.34. The van der Waals surface area contributed by atoms with Gasteiger partial charge in [0.15, 0.2) is 11.5 Å². The molecule has 9 nitrogen and oxygen atoms in total. The minimum atomic E-state index is -3.64. The fraction of sp³-hybridized carbons (Fsp3) is 0.462. The summed E-state index contributed by atoms with van der Waals surface area (Å²) in [5.41, 5.74) is 1.10. The van der Waals surface area contributed by atoms with Crippen LogP contribution in [0, 0.1) is 5.82 Å². The van der Waals surface area contributed by atoms with Crippen molar-refractivity contribution >= 4 is 27.5 Å². The van der Waals surface area contributed by atoms with Gasteiger partial charge in [0.05, 0.1) is 11.9 Å². The van der Waals surface area contributed by atoms with E-state index in [1.54, 1.807) is 37.3 Å². The maximum absolute atomic E-state index is 13.4. The minimum absolute atomic E-state index is 0.0215. The molecule has 0 saturated heterocycles. The smallest absolute Gasteiger partial charge is 0.242 e. The van der Waals surface area contributed by atoms with Crippen LogP contribution >= 0.6 is 0 Å². The molecule has 1 atom stereocenters. The number of likely N-dealkylation sites (N-methyl/N-ethyl adjacent to an activating group) is 1. The number of carbonyl (C=O) groups is 2. The second-order valence-corrected chi connectivity index (χ2v) is 10.6. The van der Waals surface area contributed by atoms with Gasteiger partial charge in [0, 0.05) is 32.1 Å². The number of hydrogen-bond acceptors (Lipinski definition) is 6. The maximum atomic E-state index is 13.4. The summed E-state index contributed by atoms with van der Waals surface area (Å²) in [7, 11) is -3.64. The number of anilines is 1. The third-order valence-electron chi connectivity index (χ3n) is 5.97. The summed E-state index contributed by atoms with van der Waals surface area (Å²) in [6.45, 7) is 5.03. The van der Waals surface area contributed by atoms with Crippen LogP contribution in [0.2, 0.25) is 0 Å². The molecular weight excluding hydrogens is 501 g/mol. The first kappa shape index (κ1) is 28.2. The first-order valence-corrected chi connectivity index (χ1v) is 14.2. The molecule has 2 aromatic rings. The van der Waals surface area contributed by atoms with E-state index in [1.807, 2.05) is 6.92 Å². The summed E-state index contributed by atoms with van der Waals surface area (Å²) in [5, 5.41) is 2.76. The van der Waals surface area contributed by atoms with Crippen LogP contribution in [0.1, 0.15) is 38.7 Å². The van der Waals surface area contributed by atoms with Crippen molar-refractivity contribution in [3.63, 3.8) is 0 Å². The number of benzene rings is 2. The molecule has 1 aliphatic heterocycles. The van der Waals surface area contributed by atoms with Crippen LogP contribution in [-0.2, 0) is 26.2 Å². The molecule has 202 valence electrons. The molecule has 0 spiro atoms. The SMILES string of the molecule is CCNC(=O)[C@H](CC)N(Cc1ccc(F)cc1)C(=O)CCCN(c1ccc2c(c1)OCCO2)S(C)(=O)=O. The van der Waals surface area contributed by atoms with Gasteiger partial charge in [-0.3, -0.25) is 13.9 Å². The molecule has 1 heterocycles. The predicted octanol–water partition coefficient (Wildman–Crippen LogP) is 3.09. The molecule has 0 aliphatic carbocycles. The van der Waals surface area contributed by atoms with Crippen LogP contribution in [0.15, 0.2) is 42.5 Å². The normalized spacial score (nSPS) is 13.5. The number of nitrogens with one attached hydrogen (secondary N) is 1. The van der Waals surface area contributed by atoms with E-state index in [-0.39, 0.29) is 37.7 Å². The zero-order chi connectivity index (χ0) is 27.0. The minimum Gasteiger partial charge on any atom is -0.486 e. The van der Waals surface area contributed by atoms with Gasteiger partial charge >= 0.3 is 0 Å². The van der Waals surface area contributed by atoms with E-state index < -0.39 is 21.9 Å². The number of amides is 2. The zero-order valence-electron chi connectivity index (χ0n) is 21.4. The van der Waals surface area contributed by atoms with Gasteiger partial charge in [0.1, 0.15) is 25.1 Å². The van der Waals surface area contributed by atoms with Gasteiger partial charge in [0.25, 0.3) is 0 Å². The third-order valence-corrected chi connectivity index (χ3v) is 7.16. The van der Waals surface area contributed by atoms with Crippen molar-refractivity contribution < 1.29 is 31.9 Å². The van der Waals surface area contributed by atoms with Gasteiger partial charge in [-0.1, -0.05) is 19.1 Å². The van der Waals surface area contributed by atoms with Gasteiger partial charge in [0.2, 0.25) is 21.8 Å². The highest BCUT2D eigenvalue weighted by atomic mass is 32.2. The molecular formula is C26H34FN3O6S. The van der Waals surface area contributed by atoms with E-state index >= 15 is 0 Å². The van der Waals surface area contributed by atoms with Crippen LogP contribution in [-0.4, -0.2) is 63.7 Å². The first-order chi connectivity index (χ1) is 17.6. The molecule has 0 aromatic heterocycles. The standard InChI is InChI=1S/C26H34FN3O6S/c1-4-22(26(32)28-5-2)29(18-19-8-10-20(27)11-9-19)25(31)7-6-14-30(37(3,33)34)21-12-13-23-24(17-21)36-16-15-35-23/h8-13,17,22H,4-7,14-16,18H2,1-3H3,(H,28,32)/t22-/m0/s1. The van der Waals surface area contributed by atoms with E-state index in [4.69, 9.17) is 9.47 Å². The summed E-state index contributed by atoms with van der Waals surface area (Å²) in [5.74, 6) is 0.0580. The number of sulfonamides is 1. The molecule has 0 saturated carbocycles. The Morgan fingerprint density at radius 3 is 2.35 bits per heavy atom. The lowest BCUT2D eigenvalue weighted by Crippen LogP contribution is -2.49. The fourth-order valence-electron chi connectivity index (χ4n) is 4.19. The first-order valence-electron chi connectivity index (χ1n) is 12.3. The highest BCUT2D eigenvalue weighted by Gasteiger charge is 2.29. The zero-order valence-corrected chi connectivity index (χ0v) is 22.2. The Hall–Kier alpha value is -3.34. The van der Waals surface area contributed by atoms with Crippen LogP contribution in [0.5, 0.6) is 11.5 Å². The molecule has 0 fully saturated rings. The van der Waals surface area contributed by atoms with Gasteiger partial charge in [-0.2, -0.15) is 0 Å². The van der Waals surface area contributed by atoms with Crippen molar-refractivity contribution in [3.05, 3.63) is 53.8 Å². The van der Waals surface area contributed by atoms with Crippen molar-refractivity contribution in [2.75, 3.05) is 36.9 Å². The van der Waals surface area contributed by atoms with Crippen LogP contribution in [0.25, 0.3) is 0 Å². The Morgan fingerprint density at radius 2 is 1.73 bits per heavy atom. The molecule has 0 bridgehead atoms. The number of fused-ring (bicyclic) bond motifs is 1. The van der Waals surface area contributed by atoms with Crippen molar-refractivity contribution in [1.29, 1.82) is 0 Å². The lowest BCUT2D eigenvalue weighted by atomic mass is 10.1. The number of nitrogens with zero attached hydrogens (tertiary/aromatic N) is 2. The van der Waals surface area contributed by atoms with E-state index in [1.165, 1.54) is 21.3 Å². The van der Waals surface area contributed by atoms with Crippen molar-refractivity contribution in [3.8, 4) is 11.5 Å². The second-order valence-electron chi connectivity index (χ2n) is 8.73. The number of carbonyl (C=O) groups excluding carboxylic acids is 2. The average molecular weight is 536 g/mol. The number of ether oxygens (including phenoxy) is 2. The number of rotatable bonds is 12. The summed E-state index contributed by atoms with van der Waals surface area (Å²) in [4.78, 5) is 27.5. The van der Waals surface area contributed by atoms with Crippen molar-refractivity contribution in [2.24, 2.45) is 0 Å². The van der Waals surface area contributed by atoms with E-state index in [9.17, 15) is 22.4 Å². The topological polar surface area (TPSA) is 105 Å². The van der Waals surface area contributed by atoms with Gasteiger partial charge in [-0.25, -0.2) is 12.8 Å². The molecule has 3 rings (SSSR count). The Bertz CT molecular complexity index is 1190. The third kappa shape index (κ3) is 7.58. The number of halogens is 1. The Balaban J connectivity index is 1.75. The molecule has 2 amide bonds. The summed E-state index contributed by atoms with van der Waals surface area (Å²) < 4.78 is 50.8. The average Bonchev–Trinajstić information content (AvgIpc) is 2.86. The number of hydrogen-bond donors (Lipinski definition) is 1. The molecule has 1 N–H and O–H groups in total. The van der Waals surface area contributed by atoms with Crippen molar-refractivity contribution in [1.82, 2.24) is 10.2 Å². The van der Waals surface area contributed by atoms with Crippen LogP contribution in [0.3, 0.4) is 0 Å². The summed E-state index contributed by atoms with van der Waals surface area (Å²) >= 11 is 0. The predicted molar refractivity (Wildman–Crippen MR) is 139 cm³/mol. The molecule has 2 aromatic carbocycles. The molecule has 37 heavy (non-hydrogen) atoms. The Kier molecular flexibility index (Phi) is 9.73. The lowest BCUT2D eigenvalue weighted by molar-refractivity contribution is -0.141. The van der Waals surface area contributed by atoms with Crippen LogP contribution in [0.4, 0.5) is 10.1 Å². The van der Waals surface area contributed by atoms with Gasteiger partial charge < -0.3 is 19.7 Å². The summed E-state index contributed by atoms with van der Waals surface area (Å²) in [6.07, 6.45) is 1.75. The monoisotopic (exact) mass is 535 g/mol. The van der Waals surface area contributed by atoms with Gasteiger partial charge in [-0.15, -0.1) is 0 Å². The van der Waals surface area contributed by atoms with Crippen LogP contribution < -0.4 is 19.1 Å². The van der Waals surface area contributed by atoms with E-state index in [0.29, 0.717) is 48.9 Å². The maximum Gasteiger partial charge on any atom is 0.242 e. The fourth-order valence-corrected chi connectivity index (χ4v) is 5.15. The van der Waals surface area contributed by atoms with Crippen molar-refractivity contribution in [2.45, 2.75) is 45.7 Å². The summed E-state index contributed by atoms with van der Waals surface area (Å²) in [6, 6.07) is 9.97. The highest BCUT2D eigenvalue weighted by molar-refractivity contribution is 7.92. The molecule has 1 aliphatic rings. The Morgan fingerprint density at radius 1 is 1.05 bits per heavy atom. The Labute approximate surface area is 217 Å². The van der Waals surface area contributed by atoms with Gasteiger partial charge in [-0.05, 0) is 49.6 Å². The molecule has 11 heteroatoms. The molecule has 0 radical (unpaired) electrons. The second kappa shape index (κ2) is 12.8. The largest absolute Gasteiger partial charge is 0.486 e. The van der Waals surface area contributed by atoms with E-state index in [2.05, 4.69) is 5.32 Å². The van der Waals surface area contributed by atoms with E-state index in [0.717, 1.165) is 6.26 Å². The lowest BCUT2D eigenvalue weighted by Gasteiger charge is -2.31. The quantitative estimate of drug-likeness (QED) is 0.448. The molecule has 0 unspecified atom stereocenters.